The molecule has 1 heterocycles. The fraction of sp³-hybridized carbons (Fsp3) is 0.123. The van der Waals surface area contributed by atoms with Crippen molar-refractivity contribution in [2.45, 2.75) is 52.4 Å². The van der Waals surface area contributed by atoms with Crippen molar-refractivity contribution in [2.75, 3.05) is 0 Å². The van der Waals surface area contributed by atoms with Crippen LogP contribution in [0, 0.1) is 13.8 Å². The zero-order valence-corrected chi connectivity index (χ0v) is 39.6. The van der Waals surface area contributed by atoms with Crippen molar-refractivity contribution in [2.24, 2.45) is 0 Å². The van der Waals surface area contributed by atoms with Gasteiger partial charge in [0.2, 0.25) is 0 Å². The number of allylic oxidation sites excluding steroid dienone is 4. The van der Waals surface area contributed by atoms with Crippen LogP contribution in [0.4, 0.5) is 0 Å². The van der Waals surface area contributed by atoms with Crippen LogP contribution in [0.25, 0.3) is 73.8 Å². The predicted octanol–water partition coefficient (Wildman–Crippen LogP) is 14.4. The van der Waals surface area contributed by atoms with Gasteiger partial charge in [0.25, 0.3) is 0 Å². The standard InChI is InChI=1S/C65H53N3/c1-8-22-50-49(10-3)41(4)42(5)55-38-44(32-35-51(50)55)61-66-62(45-34-37-54-58(39-45)64(6,7)57(23-9-2)60(54)43-24-14-11-15-25-43)68-63(67-61)46-33-36-53-52-30-20-21-31-56(52)65(59(53)40-46,47-26-16-12-17-27-47)48-28-18-13-19-29-48/h8-40H,1H2,2-7H3/b23-9-,49-10-,50-22+. The molecule has 68 heavy (non-hydrogen) atoms. The molecule has 11 rings (SSSR count). The minimum Gasteiger partial charge on any atom is -0.208 e. The molecule has 0 unspecified atom stereocenters. The molecular weight excluding hydrogens is 823 g/mol. The van der Waals surface area contributed by atoms with E-state index in [4.69, 9.17) is 15.0 Å². The molecular formula is C65H53N3. The van der Waals surface area contributed by atoms with Crippen molar-refractivity contribution >= 4 is 28.5 Å². The Morgan fingerprint density at radius 3 is 1.60 bits per heavy atom. The molecule has 3 nitrogen and oxygen atoms in total. The van der Waals surface area contributed by atoms with Crippen molar-refractivity contribution in [3.63, 3.8) is 0 Å². The van der Waals surface area contributed by atoms with Gasteiger partial charge < -0.3 is 0 Å². The van der Waals surface area contributed by atoms with Crippen LogP contribution in [0.2, 0.25) is 0 Å². The van der Waals surface area contributed by atoms with E-state index in [1.54, 1.807) is 0 Å². The van der Waals surface area contributed by atoms with Crippen LogP contribution >= 0.6 is 0 Å². The lowest BCUT2D eigenvalue weighted by molar-refractivity contribution is 0.654. The molecule has 0 atom stereocenters. The average Bonchev–Trinajstić information content (AvgIpc) is 3.80. The maximum absolute atomic E-state index is 5.46. The summed E-state index contributed by atoms with van der Waals surface area (Å²) in [6.07, 6.45) is 10.6. The quantitative estimate of drug-likeness (QED) is 0.153. The average molecular weight is 876 g/mol. The van der Waals surface area contributed by atoms with E-state index in [1.165, 1.54) is 93.6 Å². The van der Waals surface area contributed by atoms with E-state index in [0.717, 1.165) is 16.7 Å². The molecule has 328 valence electrons. The van der Waals surface area contributed by atoms with Crippen LogP contribution in [-0.2, 0) is 10.8 Å². The van der Waals surface area contributed by atoms with E-state index in [0.29, 0.717) is 17.5 Å². The van der Waals surface area contributed by atoms with Crippen LogP contribution in [0.3, 0.4) is 0 Å². The molecule has 0 radical (unpaired) electrons. The Bertz CT molecular complexity index is 3650. The Balaban J connectivity index is 1.16. The van der Waals surface area contributed by atoms with Crippen LogP contribution < -0.4 is 10.4 Å². The number of fused-ring (bicyclic) bond motifs is 5. The first-order chi connectivity index (χ1) is 33.2. The molecule has 0 amide bonds. The van der Waals surface area contributed by atoms with Gasteiger partial charge in [-0.1, -0.05) is 202 Å². The zero-order valence-electron chi connectivity index (χ0n) is 39.6. The molecule has 1 aromatic heterocycles. The Morgan fingerprint density at radius 1 is 0.471 bits per heavy atom. The number of nitrogens with zero attached hydrogens (tertiary/aromatic N) is 3. The first kappa shape index (κ1) is 42.6. The van der Waals surface area contributed by atoms with Gasteiger partial charge in [-0.25, -0.2) is 15.0 Å². The number of aryl methyl sites for hydroxylation is 1. The SMILES string of the molecule is C=C/C=c1\c(=C/C)c(C)c(C)c2cc(-c3nc(-c4ccc5c(c4)C(C)(C)C(/C=C\C)=C5c4ccccc4)nc(-c4ccc5c(c4)C(c4ccccc4)(c4ccccc4)c4ccccc4-5)n3)ccc12. The molecule has 0 bridgehead atoms. The van der Waals surface area contributed by atoms with Crippen molar-refractivity contribution in [3.8, 4) is 45.3 Å². The number of rotatable bonds is 8. The molecule has 0 N–H and O–H groups in total. The summed E-state index contributed by atoms with van der Waals surface area (Å²) in [5, 5.41) is 4.75. The van der Waals surface area contributed by atoms with E-state index in [9.17, 15) is 0 Å². The van der Waals surface area contributed by atoms with Gasteiger partial charge in [0.05, 0.1) is 5.41 Å². The fourth-order valence-corrected chi connectivity index (χ4v) is 11.4. The van der Waals surface area contributed by atoms with Gasteiger partial charge in [-0.3, -0.25) is 0 Å². The second-order valence-corrected chi connectivity index (χ2v) is 18.7. The largest absolute Gasteiger partial charge is 0.208 e. The lowest BCUT2D eigenvalue weighted by Gasteiger charge is -2.34. The van der Waals surface area contributed by atoms with Crippen LogP contribution in [0.15, 0.2) is 200 Å². The first-order valence-electron chi connectivity index (χ1n) is 23.7. The number of aromatic nitrogens is 3. The van der Waals surface area contributed by atoms with Gasteiger partial charge in [0.1, 0.15) is 0 Å². The highest BCUT2D eigenvalue weighted by Gasteiger charge is 2.46. The topological polar surface area (TPSA) is 38.7 Å². The molecule has 0 fully saturated rings. The molecule has 0 aliphatic heterocycles. The lowest BCUT2D eigenvalue weighted by Crippen LogP contribution is -2.29. The van der Waals surface area contributed by atoms with Gasteiger partial charge in [-0.05, 0) is 139 Å². The molecule has 3 heteroatoms. The summed E-state index contributed by atoms with van der Waals surface area (Å²) in [7, 11) is 0. The van der Waals surface area contributed by atoms with Crippen molar-refractivity contribution in [1.29, 1.82) is 0 Å². The van der Waals surface area contributed by atoms with Crippen LogP contribution in [0.1, 0.15) is 77.8 Å². The summed E-state index contributed by atoms with van der Waals surface area (Å²) >= 11 is 0. The third-order valence-corrected chi connectivity index (χ3v) is 14.7. The summed E-state index contributed by atoms with van der Waals surface area (Å²) in [4.78, 5) is 16.3. The Labute approximate surface area is 400 Å². The maximum Gasteiger partial charge on any atom is 0.164 e. The van der Waals surface area contributed by atoms with Crippen LogP contribution in [-0.4, -0.2) is 15.0 Å². The zero-order chi connectivity index (χ0) is 46.7. The summed E-state index contributed by atoms with van der Waals surface area (Å²) < 4.78 is 0. The minimum atomic E-state index is -0.564. The molecule has 0 saturated heterocycles. The van der Waals surface area contributed by atoms with Crippen molar-refractivity contribution in [1.82, 2.24) is 15.0 Å². The Kier molecular flexibility index (Phi) is 10.5. The van der Waals surface area contributed by atoms with Gasteiger partial charge >= 0.3 is 0 Å². The predicted molar refractivity (Wildman–Crippen MR) is 285 cm³/mol. The van der Waals surface area contributed by atoms with Crippen molar-refractivity contribution < 1.29 is 0 Å². The third kappa shape index (κ3) is 6.52. The first-order valence-corrected chi connectivity index (χ1v) is 23.7. The number of hydrogen-bond acceptors (Lipinski definition) is 3. The van der Waals surface area contributed by atoms with Crippen molar-refractivity contribution in [3.05, 3.63) is 261 Å². The van der Waals surface area contributed by atoms with E-state index < -0.39 is 5.41 Å². The smallest absolute Gasteiger partial charge is 0.164 e. The van der Waals surface area contributed by atoms with Crippen LogP contribution in [0.5, 0.6) is 0 Å². The molecule has 2 aliphatic carbocycles. The highest BCUT2D eigenvalue weighted by molar-refractivity contribution is 5.94. The molecule has 9 aromatic rings. The molecule has 0 saturated carbocycles. The second kappa shape index (κ2) is 16.7. The number of benzene rings is 8. The maximum atomic E-state index is 5.46. The molecule has 2 aliphatic rings. The minimum absolute atomic E-state index is 0.266. The highest BCUT2D eigenvalue weighted by Crippen LogP contribution is 2.57. The summed E-state index contributed by atoms with van der Waals surface area (Å²) in [5.41, 5.74) is 18.1. The van der Waals surface area contributed by atoms with Gasteiger partial charge in [0, 0.05) is 22.1 Å². The monoisotopic (exact) mass is 875 g/mol. The molecule has 8 aromatic carbocycles. The van der Waals surface area contributed by atoms with Gasteiger partial charge in [-0.2, -0.15) is 0 Å². The van der Waals surface area contributed by atoms with E-state index in [1.807, 2.05) is 6.08 Å². The summed E-state index contributed by atoms with van der Waals surface area (Å²) in [6, 6.07) is 61.8. The second-order valence-electron chi connectivity index (χ2n) is 18.7. The summed E-state index contributed by atoms with van der Waals surface area (Å²) in [6.45, 7) is 17.4. The summed E-state index contributed by atoms with van der Waals surface area (Å²) in [5.74, 6) is 1.89. The Morgan fingerprint density at radius 2 is 1.00 bits per heavy atom. The van der Waals surface area contributed by atoms with E-state index in [-0.39, 0.29) is 5.41 Å². The lowest BCUT2D eigenvalue weighted by atomic mass is 9.67. The Hall–Kier alpha value is -8.01. The normalized spacial score (nSPS) is 15.0. The van der Waals surface area contributed by atoms with E-state index in [2.05, 4.69) is 242 Å². The fourth-order valence-electron chi connectivity index (χ4n) is 11.4. The highest BCUT2D eigenvalue weighted by atomic mass is 15.0. The van der Waals surface area contributed by atoms with Gasteiger partial charge in [0.15, 0.2) is 17.5 Å². The van der Waals surface area contributed by atoms with Gasteiger partial charge in [-0.15, -0.1) is 0 Å². The number of hydrogen-bond donors (Lipinski definition) is 0. The van der Waals surface area contributed by atoms with E-state index >= 15 is 0 Å². The third-order valence-electron chi connectivity index (χ3n) is 14.7. The molecule has 0 spiro atoms.